The van der Waals surface area contributed by atoms with Gasteiger partial charge in [0.15, 0.2) is 0 Å². The number of likely N-dealkylation sites (tertiary alicyclic amines) is 2. The predicted octanol–water partition coefficient (Wildman–Crippen LogP) is 1.69. The van der Waals surface area contributed by atoms with Gasteiger partial charge in [-0.2, -0.15) is 0 Å². The molecule has 2 saturated heterocycles. The molecule has 0 amide bonds. The highest BCUT2D eigenvalue weighted by atomic mass is 16.3. The Morgan fingerprint density at radius 2 is 1.71 bits per heavy atom. The van der Waals surface area contributed by atoms with E-state index in [2.05, 4.69) is 29.0 Å². The van der Waals surface area contributed by atoms with Crippen LogP contribution >= 0.6 is 0 Å². The van der Waals surface area contributed by atoms with Gasteiger partial charge in [-0.15, -0.1) is 0 Å². The number of aliphatic hydroxyl groups is 1. The van der Waals surface area contributed by atoms with Crippen LogP contribution < -0.4 is 5.32 Å². The Morgan fingerprint density at radius 1 is 1.05 bits per heavy atom. The average Bonchev–Trinajstić information content (AvgIpc) is 2.52. The van der Waals surface area contributed by atoms with Crippen molar-refractivity contribution < 1.29 is 5.11 Å². The van der Waals surface area contributed by atoms with Crippen LogP contribution in [0.1, 0.15) is 52.4 Å². The molecule has 124 valence electrons. The highest BCUT2D eigenvalue weighted by Crippen LogP contribution is 2.20. The van der Waals surface area contributed by atoms with Crippen molar-refractivity contribution in [3.63, 3.8) is 0 Å². The number of hydrogen-bond donors (Lipinski definition) is 2. The normalized spacial score (nSPS) is 24.6. The molecule has 4 nitrogen and oxygen atoms in total. The molecule has 0 spiro atoms. The maximum Gasteiger partial charge on any atom is 0.0585 e. The van der Waals surface area contributed by atoms with E-state index in [0.717, 1.165) is 19.0 Å². The van der Waals surface area contributed by atoms with Crippen molar-refractivity contribution in [2.45, 2.75) is 70.5 Å². The van der Waals surface area contributed by atoms with E-state index < -0.39 is 0 Å². The molecule has 2 heterocycles. The lowest BCUT2D eigenvalue weighted by atomic mass is 9.99. The van der Waals surface area contributed by atoms with E-state index in [9.17, 15) is 5.11 Å². The molecule has 2 aliphatic rings. The van der Waals surface area contributed by atoms with Gasteiger partial charge in [0.05, 0.1) is 6.61 Å². The molecule has 2 rings (SSSR count). The second-order valence-electron chi connectivity index (χ2n) is 7.16. The first kappa shape index (κ1) is 17.2. The zero-order valence-electron chi connectivity index (χ0n) is 14.1. The number of rotatable bonds is 7. The summed E-state index contributed by atoms with van der Waals surface area (Å²) < 4.78 is 0. The third kappa shape index (κ3) is 5.85. The molecule has 2 N–H and O–H groups in total. The monoisotopic (exact) mass is 297 g/mol. The Balaban J connectivity index is 1.64. The molecule has 0 bridgehead atoms. The number of hydrogen-bond acceptors (Lipinski definition) is 4. The minimum Gasteiger partial charge on any atom is -0.395 e. The zero-order valence-corrected chi connectivity index (χ0v) is 14.1. The molecule has 1 atom stereocenters. The van der Waals surface area contributed by atoms with E-state index >= 15 is 0 Å². The van der Waals surface area contributed by atoms with E-state index in [1.165, 1.54) is 58.3 Å². The van der Waals surface area contributed by atoms with Crippen LogP contribution in [0.25, 0.3) is 0 Å². The molecule has 0 aromatic heterocycles. The van der Waals surface area contributed by atoms with E-state index in [1.807, 2.05) is 0 Å². The molecule has 1 unspecified atom stereocenters. The van der Waals surface area contributed by atoms with Gasteiger partial charge in [-0.25, -0.2) is 0 Å². The fourth-order valence-corrected chi connectivity index (χ4v) is 3.83. The van der Waals surface area contributed by atoms with E-state index in [0.29, 0.717) is 6.04 Å². The molecule has 2 aliphatic heterocycles. The lowest BCUT2D eigenvalue weighted by molar-refractivity contribution is 0.0888. The standard InChI is InChI=1S/C17H35N3O/c1-15(2)18-16(14-21)6-11-19-12-7-17(8-13-19)20-9-4-3-5-10-20/h15-18,21H,3-14H2,1-2H3. The predicted molar refractivity (Wildman–Crippen MR) is 88.6 cm³/mol. The Labute approximate surface area is 130 Å². The maximum absolute atomic E-state index is 9.43. The van der Waals surface area contributed by atoms with Crippen LogP contribution in [-0.4, -0.2) is 72.4 Å². The van der Waals surface area contributed by atoms with Crippen molar-refractivity contribution in [1.29, 1.82) is 0 Å². The summed E-state index contributed by atoms with van der Waals surface area (Å²) in [7, 11) is 0. The highest BCUT2D eigenvalue weighted by molar-refractivity contribution is 4.82. The van der Waals surface area contributed by atoms with Crippen molar-refractivity contribution in [3.8, 4) is 0 Å². The third-order valence-corrected chi connectivity index (χ3v) is 5.05. The van der Waals surface area contributed by atoms with Crippen molar-refractivity contribution >= 4 is 0 Å². The second-order valence-corrected chi connectivity index (χ2v) is 7.16. The van der Waals surface area contributed by atoms with Gasteiger partial charge in [-0.1, -0.05) is 20.3 Å². The average molecular weight is 297 g/mol. The molecule has 0 radical (unpaired) electrons. The highest BCUT2D eigenvalue weighted by Gasteiger charge is 2.25. The molecule has 0 aromatic rings. The van der Waals surface area contributed by atoms with Crippen molar-refractivity contribution in [2.24, 2.45) is 0 Å². The second kappa shape index (κ2) is 9.09. The smallest absolute Gasteiger partial charge is 0.0585 e. The first-order valence-corrected chi connectivity index (χ1v) is 9.02. The van der Waals surface area contributed by atoms with Gasteiger partial charge >= 0.3 is 0 Å². The fraction of sp³-hybridized carbons (Fsp3) is 1.00. The molecule has 2 fully saturated rings. The summed E-state index contributed by atoms with van der Waals surface area (Å²) in [4.78, 5) is 5.32. The van der Waals surface area contributed by atoms with Crippen LogP contribution in [-0.2, 0) is 0 Å². The zero-order chi connectivity index (χ0) is 15.1. The molecular weight excluding hydrogens is 262 g/mol. The quantitative estimate of drug-likeness (QED) is 0.750. The lowest BCUT2D eigenvalue weighted by Crippen LogP contribution is -2.47. The number of nitrogens with one attached hydrogen (secondary N) is 1. The molecule has 0 aromatic carbocycles. The summed E-state index contributed by atoms with van der Waals surface area (Å²) in [5.74, 6) is 0. The number of piperidine rings is 2. The number of nitrogens with zero attached hydrogens (tertiary/aromatic N) is 2. The summed E-state index contributed by atoms with van der Waals surface area (Å²) in [6, 6.07) is 1.54. The van der Waals surface area contributed by atoms with Crippen LogP contribution in [0.15, 0.2) is 0 Å². The van der Waals surface area contributed by atoms with E-state index in [-0.39, 0.29) is 12.6 Å². The van der Waals surface area contributed by atoms with Gasteiger partial charge in [-0.3, -0.25) is 0 Å². The summed E-state index contributed by atoms with van der Waals surface area (Å²) in [6.07, 6.45) is 7.96. The maximum atomic E-state index is 9.43. The largest absolute Gasteiger partial charge is 0.395 e. The fourth-order valence-electron chi connectivity index (χ4n) is 3.83. The van der Waals surface area contributed by atoms with Crippen LogP contribution in [0.2, 0.25) is 0 Å². The summed E-state index contributed by atoms with van der Waals surface area (Å²) in [6.45, 7) is 10.8. The molecule has 4 heteroatoms. The van der Waals surface area contributed by atoms with Crippen LogP contribution in [0.4, 0.5) is 0 Å². The first-order valence-electron chi connectivity index (χ1n) is 9.02. The van der Waals surface area contributed by atoms with E-state index in [4.69, 9.17) is 0 Å². The van der Waals surface area contributed by atoms with Crippen molar-refractivity contribution in [3.05, 3.63) is 0 Å². The summed E-state index contributed by atoms with van der Waals surface area (Å²) in [5, 5.41) is 12.9. The first-order chi connectivity index (χ1) is 10.2. The molecule has 21 heavy (non-hydrogen) atoms. The van der Waals surface area contributed by atoms with Gasteiger partial charge in [-0.05, 0) is 64.8 Å². The lowest BCUT2D eigenvalue weighted by Gasteiger charge is -2.40. The topological polar surface area (TPSA) is 38.7 Å². The molecule has 0 aliphatic carbocycles. The van der Waals surface area contributed by atoms with Gasteiger partial charge in [0.2, 0.25) is 0 Å². The van der Waals surface area contributed by atoms with Crippen molar-refractivity contribution in [1.82, 2.24) is 15.1 Å². The van der Waals surface area contributed by atoms with Crippen molar-refractivity contribution in [2.75, 3.05) is 39.3 Å². The summed E-state index contributed by atoms with van der Waals surface area (Å²) >= 11 is 0. The Kier molecular flexibility index (Phi) is 7.44. The van der Waals surface area contributed by atoms with Gasteiger partial charge in [0, 0.05) is 18.1 Å². The van der Waals surface area contributed by atoms with Gasteiger partial charge < -0.3 is 20.2 Å². The number of aliphatic hydroxyl groups excluding tert-OH is 1. The van der Waals surface area contributed by atoms with Gasteiger partial charge in [0.1, 0.15) is 0 Å². The summed E-state index contributed by atoms with van der Waals surface area (Å²) in [5.41, 5.74) is 0. The van der Waals surface area contributed by atoms with Gasteiger partial charge in [0.25, 0.3) is 0 Å². The van der Waals surface area contributed by atoms with Crippen LogP contribution in [0.3, 0.4) is 0 Å². The molecular formula is C17H35N3O. The Morgan fingerprint density at radius 3 is 2.29 bits per heavy atom. The van der Waals surface area contributed by atoms with E-state index in [1.54, 1.807) is 0 Å². The molecule has 0 saturated carbocycles. The van der Waals surface area contributed by atoms with Crippen LogP contribution in [0.5, 0.6) is 0 Å². The third-order valence-electron chi connectivity index (χ3n) is 5.05. The Bertz CT molecular complexity index is 271. The minimum atomic E-state index is 0.252. The Hall–Kier alpha value is -0.160. The minimum absolute atomic E-state index is 0.252. The van der Waals surface area contributed by atoms with Crippen LogP contribution in [0, 0.1) is 0 Å². The SMILES string of the molecule is CC(C)NC(CO)CCN1CCC(N2CCCCC2)CC1.